The number of aromatic nitrogens is 3. The van der Waals surface area contributed by atoms with Gasteiger partial charge in [0.1, 0.15) is 0 Å². The van der Waals surface area contributed by atoms with Crippen LogP contribution in [0.3, 0.4) is 0 Å². The molecule has 0 saturated heterocycles. The molecule has 4 aromatic rings. The van der Waals surface area contributed by atoms with Crippen molar-refractivity contribution in [1.29, 1.82) is 0 Å². The van der Waals surface area contributed by atoms with Crippen LogP contribution >= 0.6 is 0 Å². The van der Waals surface area contributed by atoms with Crippen molar-refractivity contribution in [2.24, 2.45) is 12.8 Å². The predicted octanol–water partition coefficient (Wildman–Crippen LogP) is 4.51. The van der Waals surface area contributed by atoms with E-state index < -0.39 is 5.91 Å². The molecular formula is C27H30N6O. The summed E-state index contributed by atoms with van der Waals surface area (Å²) >= 11 is 0. The largest absolute Gasteiger partial charge is 0.366 e. The summed E-state index contributed by atoms with van der Waals surface area (Å²) < 4.78 is 4.05. The van der Waals surface area contributed by atoms with Crippen LogP contribution in [-0.2, 0) is 13.5 Å². The van der Waals surface area contributed by atoms with Gasteiger partial charge in [-0.2, -0.15) is 5.10 Å². The van der Waals surface area contributed by atoms with Crippen LogP contribution in [0.5, 0.6) is 0 Å². The molecule has 0 spiro atoms. The number of hydrogen-bond acceptors (Lipinski definition) is 4. The highest BCUT2D eigenvalue weighted by Crippen LogP contribution is 2.35. The van der Waals surface area contributed by atoms with Crippen molar-refractivity contribution in [3.63, 3.8) is 0 Å². The lowest BCUT2D eigenvalue weighted by atomic mass is 10.1. The molecule has 2 aromatic carbocycles. The molecule has 1 amide bonds. The maximum atomic E-state index is 11.7. The van der Waals surface area contributed by atoms with E-state index in [1.54, 1.807) is 6.07 Å². The van der Waals surface area contributed by atoms with Crippen molar-refractivity contribution in [3.05, 3.63) is 83.9 Å². The number of rotatable bonds is 7. The van der Waals surface area contributed by atoms with E-state index in [1.165, 1.54) is 16.8 Å². The normalized spacial score (nSPS) is 13.7. The van der Waals surface area contributed by atoms with E-state index in [9.17, 15) is 4.79 Å². The van der Waals surface area contributed by atoms with Crippen molar-refractivity contribution < 1.29 is 4.79 Å². The first-order valence-corrected chi connectivity index (χ1v) is 11.8. The molecule has 7 heteroatoms. The van der Waals surface area contributed by atoms with E-state index in [2.05, 4.69) is 76.2 Å². The van der Waals surface area contributed by atoms with Crippen LogP contribution in [0.4, 0.5) is 5.69 Å². The number of nitrogens with two attached hydrogens (primary N) is 1. The Bertz CT molecular complexity index is 1400. The molecule has 5 rings (SSSR count). The number of primary amides is 1. The number of aryl methyl sites for hydroxylation is 2. The molecule has 2 aromatic heterocycles. The highest BCUT2D eigenvalue weighted by atomic mass is 16.1. The van der Waals surface area contributed by atoms with E-state index in [1.807, 2.05) is 30.1 Å². The number of fused-ring (bicyclic) bond motifs is 1. The predicted molar refractivity (Wildman–Crippen MR) is 137 cm³/mol. The first kappa shape index (κ1) is 21.8. The van der Waals surface area contributed by atoms with Crippen molar-refractivity contribution in [1.82, 2.24) is 19.2 Å². The van der Waals surface area contributed by atoms with E-state index in [-0.39, 0.29) is 0 Å². The number of hydrogen-bond donors (Lipinski definition) is 1. The first-order chi connectivity index (χ1) is 16.5. The highest BCUT2D eigenvalue weighted by Gasteiger charge is 2.25. The SMILES string of the molecule is CCCN1CN(c2cccc3c2ccn3-c2ccc(C(N)=O)cc2CC)C=C1c1cnn(C)c1. The van der Waals surface area contributed by atoms with Crippen molar-refractivity contribution >= 4 is 28.2 Å². The van der Waals surface area contributed by atoms with Gasteiger partial charge in [-0.3, -0.25) is 9.48 Å². The Hall–Kier alpha value is -4.00. The molecule has 0 atom stereocenters. The van der Waals surface area contributed by atoms with Crippen LogP contribution in [0.15, 0.2) is 67.3 Å². The van der Waals surface area contributed by atoms with E-state index in [4.69, 9.17) is 5.73 Å². The van der Waals surface area contributed by atoms with Gasteiger partial charge < -0.3 is 20.1 Å². The van der Waals surface area contributed by atoms with Crippen molar-refractivity contribution in [2.75, 3.05) is 18.1 Å². The molecule has 0 radical (unpaired) electrons. The summed E-state index contributed by atoms with van der Waals surface area (Å²) in [6.07, 6.45) is 10.2. The fourth-order valence-electron chi connectivity index (χ4n) is 4.82. The zero-order chi connectivity index (χ0) is 23.8. The van der Waals surface area contributed by atoms with Crippen LogP contribution in [-0.4, -0.2) is 38.4 Å². The average Bonchev–Trinajstić information content (AvgIpc) is 3.56. The average molecular weight is 455 g/mol. The lowest BCUT2D eigenvalue weighted by Crippen LogP contribution is -2.27. The Morgan fingerprint density at radius 1 is 1.12 bits per heavy atom. The summed E-state index contributed by atoms with van der Waals surface area (Å²) in [7, 11) is 1.95. The molecule has 0 unspecified atom stereocenters. The standard InChI is InChI=1S/C27H30N6O/c1-4-12-31-18-32(17-26(31)21-15-29-30(3)16-21)24-7-6-8-25-22(24)11-13-33(25)23-10-9-20(27(28)34)14-19(23)5-2/h6-11,13-17H,4-5,12,18H2,1-3H3,(H2,28,34). The fraction of sp³-hybridized carbons (Fsp3) is 0.259. The van der Waals surface area contributed by atoms with Gasteiger partial charge in [-0.25, -0.2) is 0 Å². The maximum Gasteiger partial charge on any atom is 0.248 e. The number of anilines is 1. The second-order valence-electron chi connectivity index (χ2n) is 8.75. The Morgan fingerprint density at radius 2 is 1.97 bits per heavy atom. The molecule has 1 aliphatic heterocycles. The Kier molecular flexibility index (Phi) is 5.61. The Morgan fingerprint density at radius 3 is 2.68 bits per heavy atom. The van der Waals surface area contributed by atoms with Gasteiger partial charge in [0.25, 0.3) is 0 Å². The molecule has 2 N–H and O–H groups in total. The van der Waals surface area contributed by atoms with Gasteiger partial charge in [0.2, 0.25) is 5.91 Å². The van der Waals surface area contributed by atoms with Crippen LogP contribution in [0, 0.1) is 0 Å². The summed E-state index contributed by atoms with van der Waals surface area (Å²) in [5, 5.41) is 5.56. The van der Waals surface area contributed by atoms with Gasteiger partial charge in [0, 0.05) is 54.4 Å². The van der Waals surface area contributed by atoms with Gasteiger partial charge in [-0.1, -0.05) is 19.9 Å². The van der Waals surface area contributed by atoms with Gasteiger partial charge in [0.15, 0.2) is 0 Å². The second kappa shape index (κ2) is 8.74. The molecule has 0 saturated carbocycles. The van der Waals surface area contributed by atoms with Gasteiger partial charge >= 0.3 is 0 Å². The molecule has 1 aliphatic rings. The van der Waals surface area contributed by atoms with E-state index in [0.717, 1.165) is 48.4 Å². The Labute approximate surface area is 199 Å². The third-order valence-electron chi connectivity index (χ3n) is 6.46. The summed E-state index contributed by atoms with van der Waals surface area (Å²) in [6.45, 7) is 6.09. The van der Waals surface area contributed by atoms with Crippen molar-refractivity contribution in [2.45, 2.75) is 26.7 Å². The second-order valence-corrected chi connectivity index (χ2v) is 8.75. The van der Waals surface area contributed by atoms with E-state index in [0.29, 0.717) is 5.56 Å². The minimum atomic E-state index is -0.400. The summed E-state index contributed by atoms with van der Waals surface area (Å²) in [4.78, 5) is 16.4. The quantitative estimate of drug-likeness (QED) is 0.446. The van der Waals surface area contributed by atoms with Crippen LogP contribution in [0.25, 0.3) is 22.3 Å². The zero-order valence-corrected chi connectivity index (χ0v) is 19.9. The van der Waals surface area contributed by atoms with Gasteiger partial charge in [-0.05, 0) is 54.8 Å². The highest BCUT2D eigenvalue weighted by molar-refractivity contribution is 5.96. The molecule has 0 aliphatic carbocycles. The molecule has 7 nitrogen and oxygen atoms in total. The minimum absolute atomic E-state index is 0.400. The third-order valence-corrected chi connectivity index (χ3v) is 6.46. The molecule has 3 heterocycles. The number of benzene rings is 2. The fourth-order valence-corrected chi connectivity index (χ4v) is 4.82. The minimum Gasteiger partial charge on any atom is -0.366 e. The summed E-state index contributed by atoms with van der Waals surface area (Å²) in [6, 6.07) is 14.3. The maximum absolute atomic E-state index is 11.7. The smallest absolute Gasteiger partial charge is 0.248 e. The molecule has 0 bridgehead atoms. The Balaban J connectivity index is 1.57. The molecule has 174 valence electrons. The molecular weight excluding hydrogens is 424 g/mol. The van der Waals surface area contributed by atoms with Crippen LogP contribution in [0.1, 0.15) is 41.8 Å². The lowest BCUT2D eigenvalue weighted by Gasteiger charge is -2.23. The number of carbonyl (C=O) groups excluding carboxylic acids is 1. The zero-order valence-electron chi connectivity index (χ0n) is 19.9. The van der Waals surface area contributed by atoms with Gasteiger partial charge in [-0.15, -0.1) is 0 Å². The molecule has 0 fully saturated rings. The summed E-state index contributed by atoms with van der Waals surface area (Å²) in [5.74, 6) is -0.400. The summed E-state index contributed by atoms with van der Waals surface area (Å²) in [5.41, 5.74) is 12.8. The molecule has 34 heavy (non-hydrogen) atoms. The van der Waals surface area contributed by atoms with Gasteiger partial charge in [0.05, 0.1) is 29.8 Å². The van der Waals surface area contributed by atoms with Crippen LogP contribution in [0.2, 0.25) is 0 Å². The number of amides is 1. The third kappa shape index (κ3) is 3.73. The van der Waals surface area contributed by atoms with E-state index >= 15 is 0 Å². The lowest BCUT2D eigenvalue weighted by molar-refractivity contribution is 0.1000. The van der Waals surface area contributed by atoms with Crippen molar-refractivity contribution in [3.8, 4) is 5.69 Å². The monoisotopic (exact) mass is 454 g/mol. The first-order valence-electron chi connectivity index (χ1n) is 11.8. The van der Waals surface area contributed by atoms with Crippen LogP contribution < -0.4 is 10.6 Å². The number of carbonyl (C=O) groups is 1. The number of nitrogens with zero attached hydrogens (tertiary/aromatic N) is 5. The topological polar surface area (TPSA) is 72.3 Å².